The lowest BCUT2D eigenvalue weighted by molar-refractivity contribution is -0.123. The van der Waals surface area contributed by atoms with Crippen molar-refractivity contribution in [3.8, 4) is 5.75 Å². The number of carbonyl (C=O) groups excluding carboxylic acids is 2. The third-order valence-electron chi connectivity index (χ3n) is 4.25. The van der Waals surface area contributed by atoms with Gasteiger partial charge in [-0.2, -0.15) is 0 Å². The molecule has 25 heavy (non-hydrogen) atoms. The SMILES string of the molecule is CCC(=O)N1CCc2cc(CNC(=O)COc3ccccc3)ccc21. The molecule has 0 bridgehead atoms. The van der Waals surface area contributed by atoms with Crippen LogP contribution in [0.2, 0.25) is 0 Å². The van der Waals surface area contributed by atoms with Gasteiger partial charge in [-0.1, -0.05) is 37.3 Å². The number of nitrogens with one attached hydrogen (secondary N) is 1. The number of fused-ring (bicyclic) bond motifs is 1. The van der Waals surface area contributed by atoms with E-state index in [1.54, 1.807) is 0 Å². The molecule has 130 valence electrons. The predicted octanol–water partition coefficient (Wildman–Crippen LogP) is 2.68. The molecule has 3 rings (SSSR count). The number of carbonyl (C=O) groups is 2. The van der Waals surface area contributed by atoms with Gasteiger partial charge in [0.05, 0.1) is 0 Å². The first-order valence-corrected chi connectivity index (χ1v) is 8.54. The molecule has 2 amide bonds. The van der Waals surface area contributed by atoms with Gasteiger partial charge in [-0.25, -0.2) is 0 Å². The van der Waals surface area contributed by atoms with E-state index >= 15 is 0 Å². The summed E-state index contributed by atoms with van der Waals surface area (Å²) in [6.45, 7) is 3.06. The summed E-state index contributed by atoms with van der Waals surface area (Å²) < 4.78 is 5.43. The lowest BCUT2D eigenvalue weighted by Crippen LogP contribution is -2.28. The van der Waals surface area contributed by atoms with Crippen molar-refractivity contribution >= 4 is 17.5 Å². The first-order chi connectivity index (χ1) is 12.2. The fourth-order valence-electron chi connectivity index (χ4n) is 2.93. The van der Waals surface area contributed by atoms with E-state index in [0.29, 0.717) is 18.7 Å². The lowest BCUT2D eigenvalue weighted by atomic mass is 10.1. The molecule has 0 aromatic heterocycles. The lowest BCUT2D eigenvalue weighted by Gasteiger charge is -2.16. The van der Waals surface area contributed by atoms with E-state index < -0.39 is 0 Å². The molecular weight excluding hydrogens is 316 g/mol. The van der Waals surface area contributed by atoms with Crippen molar-refractivity contribution < 1.29 is 14.3 Å². The molecule has 1 heterocycles. The minimum Gasteiger partial charge on any atom is -0.484 e. The Kier molecular flexibility index (Phi) is 5.33. The summed E-state index contributed by atoms with van der Waals surface area (Å²) in [5.74, 6) is 0.667. The zero-order chi connectivity index (χ0) is 17.6. The summed E-state index contributed by atoms with van der Waals surface area (Å²) in [4.78, 5) is 25.7. The Labute approximate surface area is 147 Å². The first-order valence-electron chi connectivity index (χ1n) is 8.54. The standard InChI is InChI=1S/C20H22N2O3/c1-2-20(24)22-11-10-16-12-15(8-9-18(16)22)13-21-19(23)14-25-17-6-4-3-5-7-17/h3-9,12H,2,10-11,13-14H2,1H3,(H,21,23). The van der Waals surface area contributed by atoms with Crippen LogP contribution in [-0.2, 0) is 22.6 Å². The van der Waals surface area contributed by atoms with Crippen LogP contribution >= 0.6 is 0 Å². The molecule has 1 N–H and O–H groups in total. The molecule has 0 fully saturated rings. The smallest absolute Gasteiger partial charge is 0.258 e. The number of hydrogen-bond donors (Lipinski definition) is 1. The molecule has 0 saturated heterocycles. The number of ether oxygens (including phenoxy) is 1. The summed E-state index contributed by atoms with van der Waals surface area (Å²) in [5, 5.41) is 2.86. The second-order valence-corrected chi connectivity index (χ2v) is 5.99. The molecule has 0 saturated carbocycles. The molecule has 2 aromatic carbocycles. The van der Waals surface area contributed by atoms with Gasteiger partial charge in [-0.3, -0.25) is 9.59 Å². The number of benzene rings is 2. The van der Waals surface area contributed by atoms with E-state index in [1.165, 1.54) is 0 Å². The molecule has 5 nitrogen and oxygen atoms in total. The normalized spacial score (nSPS) is 12.6. The monoisotopic (exact) mass is 338 g/mol. The number of para-hydroxylation sites is 1. The van der Waals surface area contributed by atoms with Crippen LogP contribution in [0, 0.1) is 0 Å². The Balaban J connectivity index is 1.52. The molecule has 1 aliphatic heterocycles. The molecule has 0 atom stereocenters. The predicted molar refractivity (Wildman–Crippen MR) is 96.6 cm³/mol. The summed E-state index contributed by atoms with van der Waals surface area (Å²) in [5.41, 5.74) is 3.18. The van der Waals surface area contributed by atoms with Gasteiger partial charge in [0, 0.05) is 25.2 Å². The first kappa shape index (κ1) is 17.0. The van der Waals surface area contributed by atoms with Crippen LogP contribution in [0.4, 0.5) is 5.69 Å². The second kappa shape index (κ2) is 7.83. The van der Waals surface area contributed by atoms with Crippen LogP contribution < -0.4 is 15.0 Å². The van der Waals surface area contributed by atoms with E-state index in [4.69, 9.17) is 4.74 Å². The Hall–Kier alpha value is -2.82. The van der Waals surface area contributed by atoms with E-state index in [0.717, 1.165) is 29.8 Å². The van der Waals surface area contributed by atoms with Crippen molar-refractivity contribution in [1.82, 2.24) is 5.32 Å². The van der Waals surface area contributed by atoms with Gasteiger partial charge in [0.15, 0.2) is 6.61 Å². The highest BCUT2D eigenvalue weighted by atomic mass is 16.5. The fraction of sp³-hybridized carbons (Fsp3) is 0.300. The zero-order valence-corrected chi connectivity index (χ0v) is 14.3. The van der Waals surface area contributed by atoms with Crippen LogP contribution in [0.3, 0.4) is 0 Å². The van der Waals surface area contributed by atoms with Gasteiger partial charge < -0.3 is 15.0 Å². The fourth-order valence-corrected chi connectivity index (χ4v) is 2.93. The van der Waals surface area contributed by atoms with Crippen molar-refractivity contribution in [2.24, 2.45) is 0 Å². The van der Waals surface area contributed by atoms with Crippen LogP contribution in [0.5, 0.6) is 5.75 Å². The van der Waals surface area contributed by atoms with E-state index in [2.05, 4.69) is 11.4 Å². The Morgan fingerprint density at radius 3 is 2.72 bits per heavy atom. The van der Waals surface area contributed by atoms with Crippen LogP contribution in [0.15, 0.2) is 48.5 Å². The van der Waals surface area contributed by atoms with Gasteiger partial charge in [0.25, 0.3) is 5.91 Å². The minimum atomic E-state index is -0.160. The number of anilines is 1. The molecule has 5 heteroatoms. The molecular formula is C20H22N2O3. The largest absolute Gasteiger partial charge is 0.484 e. The van der Waals surface area contributed by atoms with Crippen molar-refractivity contribution in [1.29, 1.82) is 0 Å². The van der Waals surface area contributed by atoms with E-state index in [1.807, 2.05) is 54.3 Å². The maximum absolute atomic E-state index is 11.9. The number of rotatable bonds is 6. The summed E-state index contributed by atoms with van der Waals surface area (Å²) in [6.07, 6.45) is 1.37. The van der Waals surface area contributed by atoms with Crippen molar-refractivity contribution in [3.05, 3.63) is 59.7 Å². The van der Waals surface area contributed by atoms with Crippen molar-refractivity contribution in [2.75, 3.05) is 18.1 Å². The third-order valence-corrected chi connectivity index (χ3v) is 4.25. The summed E-state index contributed by atoms with van der Waals surface area (Å²) >= 11 is 0. The zero-order valence-electron chi connectivity index (χ0n) is 14.3. The van der Waals surface area contributed by atoms with Crippen LogP contribution in [0.25, 0.3) is 0 Å². The second-order valence-electron chi connectivity index (χ2n) is 5.99. The average molecular weight is 338 g/mol. The molecule has 0 radical (unpaired) electrons. The molecule has 0 spiro atoms. The Morgan fingerprint density at radius 2 is 1.96 bits per heavy atom. The van der Waals surface area contributed by atoms with E-state index in [9.17, 15) is 9.59 Å². The maximum atomic E-state index is 11.9. The van der Waals surface area contributed by atoms with Gasteiger partial charge in [-0.05, 0) is 35.7 Å². The number of nitrogens with zero attached hydrogens (tertiary/aromatic N) is 1. The quantitative estimate of drug-likeness (QED) is 0.881. The average Bonchev–Trinajstić information content (AvgIpc) is 3.08. The van der Waals surface area contributed by atoms with Gasteiger partial charge in [0.2, 0.25) is 5.91 Å². The maximum Gasteiger partial charge on any atom is 0.258 e. The summed E-state index contributed by atoms with van der Waals surface area (Å²) in [7, 11) is 0. The highest BCUT2D eigenvalue weighted by Crippen LogP contribution is 2.29. The molecule has 1 aliphatic rings. The highest BCUT2D eigenvalue weighted by Gasteiger charge is 2.23. The van der Waals surface area contributed by atoms with Gasteiger partial charge in [-0.15, -0.1) is 0 Å². The minimum absolute atomic E-state index is 0.00622. The van der Waals surface area contributed by atoms with Gasteiger partial charge in [0.1, 0.15) is 5.75 Å². The highest BCUT2D eigenvalue weighted by molar-refractivity contribution is 5.95. The Bertz CT molecular complexity index is 759. The third kappa shape index (κ3) is 4.18. The van der Waals surface area contributed by atoms with Crippen molar-refractivity contribution in [2.45, 2.75) is 26.3 Å². The van der Waals surface area contributed by atoms with Crippen LogP contribution in [-0.4, -0.2) is 25.0 Å². The molecule has 0 aliphatic carbocycles. The van der Waals surface area contributed by atoms with Crippen molar-refractivity contribution in [3.63, 3.8) is 0 Å². The topological polar surface area (TPSA) is 58.6 Å². The molecule has 0 unspecified atom stereocenters. The molecule has 2 aromatic rings. The number of hydrogen-bond acceptors (Lipinski definition) is 3. The van der Waals surface area contributed by atoms with Gasteiger partial charge >= 0.3 is 0 Å². The Morgan fingerprint density at radius 1 is 1.16 bits per heavy atom. The number of amides is 2. The van der Waals surface area contributed by atoms with Crippen LogP contribution in [0.1, 0.15) is 24.5 Å². The summed E-state index contributed by atoms with van der Waals surface area (Å²) in [6, 6.07) is 15.3. The van der Waals surface area contributed by atoms with E-state index in [-0.39, 0.29) is 18.4 Å².